The van der Waals surface area contributed by atoms with Crippen LogP contribution in [0.3, 0.4) is 0 Å². The van der Waals surface area contributed by atoms with Gasteiger partial charge in [-0.1, -0.05) is 6.07 Å². The molecule has 0 bridgehead atoms. The van der Waals surface area contributed by atoms with Crippen molar-refractivity contribution in [3.8, 4) is 0 Å². The van der Waals surface area contributed by atoms with Crippen LogP contribution >= 0.6 is 0 Å². The van der Waals surface area contributed by atoms with Crippen molar-refractivity contribution in [3.05, 3.63) is 48.8 Å². The highest BCUT2D eigenvalue weighted by Gasteiger charge is 2.27. The molecule has 1 N–H and O–H groups in total. The number of fused-ring (bicyclic) bond motifs is 1. The summed E-state index contributed by atoms with van der Waals surface area (Å²) in [6, 6.07) is 11.1. The Morgan fingerprint density at radius 2 is 2.00 bits per heavy atom. The van der Waals surface area contributed by atoms with Gasteiger partial charge in [-0.2, -0.15) is 0 Å². The molecule has 170 valence electrons. The second kappa shape index (κ2) is 8.38. The maximum absolute atomic E-state index is 13.8. The SMILES string of the molecule is CO[C@H]1CCN(c2cccc(S(=O)(=O)n3cc(N4CCNC(C)C4)c4ncccc43)c2)C1. The van der Waals surface area contributed by atoms with E-state index in [1.54, 1.807) is 37.7 Å². The zero-order valence-electron chi connectivity index (χ0n) is 18.4. The monoisotopic (exact) mass is 455 g/mol. The van der Waals surface area contributed by atoms with Crippen LogP contribution < -0.4 is 15.1 Å². The van der Waals surface area contributed by atoms with E-state index in [2.05, 4.69) is 27.0 Å². The lowest BCUT2D eigenvalue weighted by Gasteiger charge is -2.32. The Bertz CT molecular complexity index is 1230. The zero-order valence-corrected chi connectivity index (χ0v) is 19.3. The summed E-state index contributed by atoms with van der Waals surface area (Å²) in [5.74, 6) is 0. The van der Waals surface area contributed by atoms with Crippen LogP contribution in [0.4, 0.5) is 11.4 Å². The van der Waals surface area contributed by atoms with Gasteiger partial charge >= 0.3 is 0 Å². The van der Waals surface area contributed by atoms with Gasteiger partial charge in [-0.3, -0.25) is 4.98 Å². The second-order valence-corrected chi connectivity index (χ2v) is 10.4. The van der Waals surface area contributed by atoms with Crippen molar-refractivity contribution in [3.63, 3.8) is 0 Å². The Morgan fingerprint density at radius 3 is 2.78 bits per heavy atom. The third kappa shape index (κ3) is 3.74. The van der Waals surface area contributed by atoms with Crippen molar-refractivity contribution in [1.82, 2.24) is 14.3 Å². The van der Waals surface area contributed by atoms with Crippen molar-refractivity contribution in [2.24, 2.45) is 0 Å². The predicted molar refractivity (Wildman–Crippen MR) is 126 cm³/mol. The molecule has 0 aliphatic carbocycles. The molecule has 2 aliphatic heterocycles. The molecule has 2 aliphatic rings. The first kappa shape index (κ1) is 21.2. The summed E-state index contributed by atoms with van der Waals surface area (Å²) in [7, 11) is -2.07. The van der Waals surface area contributed by atoms with E-state index < -0.39 is 10.0 Å². The molecule has 5 rings (SSSR count). The molecule has 0 spiro atoms. The van der Waals surface area contributed by atoms with Crippen LogP contribution in [-0.4, -0.2) is 69.4 Å². The second-order valence-electron chi connectivity index (χ2n) is 8.58. The lowest BCUT2D eigenvalue weighted by molar-refractivity contribution is 0.121. The Morgan fingerprint density at radius 1 is 1.12 bits per heavy atom. The van der Waals surface area contributed by atoms with E-state index >= 15 is 0 Å². The van der Waals surface area contributed by atoms with Gasteiger partial charge in [-0.05, 0) is 43.7 Å². The van der Waals surface area contributed by atoms with Gasteiger partial charge in [0.2, 0.25) is 0 Å². The van der Waals surface area contributed by atoms with Gasteiger partial charge in [-0.15, -0.1) is 0 Å². The Kier molecular flexibility index (Phi) is 5.56. The minimum atomic E-state index is -3.79. The first-order valence-corrected chi connectivity index (χ1v) is 12.5. The average molecular weight is 456 g/mol. The number of pyridine rings is 1. The van der Waals surface area contributed by atoms with E-state index in [9.17, 15) is 8.42 Å². The van der Waals surface area contributed by atoms with E-state index in [1.165, 1.54) is 3.97 Å². The molecule has 2 atom stereocenters. The summed E-state index contributed by atoms with van der Waals surface area (Å²) in [6.07, 6.45) is 4.57. The predicted octanol–water partition coefficient (Wildman–Crippen LogP) is 2.30. The van der Waals surface area contributed by atoms with Crippen molar-refractivity contribution in [2.45, 2.75) is 30.4 Å². The van der Waals surface area contributed by atoms with E-state index in [0.717, 1.165) is 50.5 Å². The molecular weight excluding hydrogens is 426 g/mol. The number of aromatic nitrogens is 2. The fourth-order valence-electron chi connectivity index (χ4n) is 4.70. The lowest BCUT2D eigenvalue weighted by atomic mass is 10.2. The number of ether oxygens (including phenoxy) is 1. The third-order valence-electron chi connectivity index (χ3n) is 6.43. The molecule has 1 aromatic carbocycles. The summed E-state index contributed by atoms with van der Waals surface area (Å²) < 4.78 is 34.4. The third-order valence-corrected chi connectivity index (χ3v) is 8.10. The molecule has 3 aromatic rings. The van der Waals surface area contributed by atoms with Gasteiger partial charge in [-0.25, -0.2) is 12.4 Å². The molecule has 0 amide bonds. The maximum Gasteiger partial charge on any atom is 0.268 e. The van der Waals surface area contributed by atoms with Crippen LogP contribution in [0, 0.1) is 0 Å². The van der Waals surface area contributed by atoms with Gasteiger partial charge in [0, 0.05) is 64.0 Å². The topological polar surface area (TPSA) is 79.7 Å². The highest BCUT2D eigenvalue weighted by molar-refractivity contribution is 7.90. The maximum atomic E-state index is 13.8. The fraction of sp³-hybridized carbons (Fsp3) is 0.435. The van der Waals surface area contributed by atoms with Crippen LogP contribution in [0.15, 0.2) is 53.7 Å². The largest absolute Gasteiger partial charge is 0.380 e. The number of nitrogens with one attached hydrogen (secondary N) is 1. The molecule has 0 saturated carbocycles. The number of benzene rings is 1. The molecule has 4 heterocycles. The van der Waals surface area contributed by atoms with Crippen LogP contribution in [0.25, 0.3) is 11.0 Å². The molecular formula is C23H29N5O3S. The van der Waals surface area contributed by atoms with E-state index in [4.69, 9.17) is 4.74 Å². The van der Waals surface area contributed by atoms with Gasteiger partial charge in [0.1, 0.15) is 5.52 Å². The quantitative estimate of drug-likeness (QED) is 0.632. The Balaban J connectivity index is 1.55. The number of nitrogens with zero attached hydrogens (tertiary/aromatic N) is 4. The van der Waals surface area contributed by atoms with Crippen LogP contribution in [-0.2, 0) is 14.8 Å². The van der Waals surface area contributed by atoms with Crippen molar-refractivity contribution in [2.75, 3.05) is 49.6 Å². The number of hydrogen-bond acceptors (Lipinski definition) is 7. The lowest BCUT2D eigenvalue weighted by Crippen LogP contribution is -2.49. The van der Waals surface area contributed by atoms with Crippen molar-refractivity contribution < 1.29 is 13.2 Å². The van der Waals surface area contributed by atoms with Crippen molar-refractivity contribution >= 4 is 32.4 Å². The van der Waals surface area contributed by atoms with Gasteiger partial charge in [0.05, 0.1) is 22.2 Å². The standard InChI is InChI=1S/C23H29N5O3S/c1-17-14-27(12-10-24-17)22-16-28(21-7-4-9-25-23(21)22)32(29,30)20-6-3-5-18(13-20)26-11-8-19(15-26)31-2/h3-7,9,13,16-17,19,24H,8,10-12,14-15H2,1-2H3/t17?,19-/m0/s1. The summed E-state index contributed by atoms with van der Waals surface area (Å²) in [6.45, 7) is 6.22. The van der Waals surface area contributed by atoms with Crippen LogP contribution in [0.5, 0.6) is 0 Å². The number of rotatable bonds is 5. The number of anilines is 2. The van der Waals surface area contributed by atoms with Gasteiger partial charge < -0.3 is 19.9 Å². The summed E-state index contributed by atoms with van der Waals surface area (Å²) in [4.78, 5) is 9.21. The highest BCUT2D eigenvalue weighted by Crippen LogP contribution is 2.32. The van der Waals surface area contributed by atoms with Crippen LogP contribution in [0.2, 0.25) is 0 Å². The first-order valence-electron chi connectivity index (χ1n) is 11.0. The smallest absolute Gasteiger partial charge is 0.268 e. The molecule has 2 fully saturated rings. The molecule has 8 nitrogen and oxygen atoms in total. The van der Waals surface area contributed by atoms with Gasteiger partial charge in [0.15, 0.2) is 0 Å². The number of methoxy groups -OCH3 is 1. The van der Waals surface area contributed by atoms with E-state index in [-0.39, 0.29) is 11.0 Å². The molecule has 9 heteroatoms. The zero-order chi connectivity index (χ0) is 22.3. The molecule has 2 saturated heterocycles. The Hall–Kier alpha value is -2.62. The Labute approximate surface area is 188 Å². The summed E-state index contributed by atoms with van der Waals surface area (Å²) in [5.41, 5.74) is 3.07. The average Bonchev–Trinajstić information content (AvgIpc) is 3.45. The van der Waals surface area contributed by atoms with E-state index in [0.29, 0.717) is 17.1 Å². The molecule has 2 aromatic heterocycles. The van der Waals surface area contributed by atoms with E-state index in [1.807, 2.05) is 18.2 Å². The van der Waals surface area contributed by atoms with Crippen molar-refractivity contribution in [1.29, 1.82) is 0 Å². The molecule has 1 unspecified atom stereocenters. The molecule has 32 heavy (non-hydrogen) atoms. The first-order chi connectivity index (χ1) is 15.5. The summed E-state index contributed by atoms with van der Waals surface area (Å²) in [5, 5.41) is 3.43. The van der Waals surface area contributed by atoms with Gasteiger partial charge in [0.25, 0.3) is 10.0 Å². The van der Waals surface area contributed by atoms with Crippen LogP contribution in [0.1, 0.15) is 13.3 Å². The normalized spacial score (nSPS) is 22.1. The molecule has 0 radical (unpaired) electrons. The minimum absolute atomic E-state index is 0.179. The fourth-order valence-corrected chi connectivity index (χ4v) is 6.10. The number of hydrogen-bond donors (Lipinski definition) is 1. The summed E-state index contributed by atoms with van der Waals surface area (Å²) >= 11 is 0. The number of piperazine rings is 1. The highest BCUT2D eigenvalue weighted by atomic mass is 32.2. The minimum Gasteiger partial charge on any atom is -0.380 e.